The van der Waals surface area contributed by atoms with Gasteiger partial charge in [0.1, 0.15) is 9.84 Å². The minimum atomic E-state index is -2.80. The lowest BCUT2D eigenvalue weighted by Crippen LogP contribution is -2.32. The van der Waals surface area contributed by atoms with E-state index in [0.29, 0.717) is 17.7 Å². The molecule has 0 fully saturated rings. The molecule has 0 spiro atoms. The summed E-state index contributed by atoms with van der Waals surface area (Å²) in [7, 11) is -2.80. The Labute approximate surface area is 81.8 Å². The van der Waals surface area contributed by atoms with Gasteiger partial charge in [-0.05, 0) is 25.8 Å². The molecule has 2 unspecified atom stereocenters. The van der Waals surface area contributed by atoms with Gasteiger partial charge >= 0.3 is 0 Å². The lowest BCUT2D eigenvalue weighted by Gasteiger charge is -2.19. The van der Waals surface area contributed by atoms with Gasteiger partial charge in [0.15, 0.2) is 0 Å². The van der Waals surface area contributed by atoms with Gasteiger partial charge in [0.05, 0.1) is 5.75 Å². The molecule has 0 saturated carbocycles. The highest BCUT2D eigenvalue weighted by molar-refractivity contribution is 7.90. The molecule has 0 aliphatic rings. The van der Waals surface area contributed by atoms with Crippen LogP contribution in [0.25, 0.3) is 0 Å². The van der Waals surface area contributed by atoms with Crippen molar-refractivity contribution in [3.63, 3.8) is 0 Å². The molecule has 4 heteroatoms. The fourth-order valence-corrected chi connectivity index (χ4v) is 1.97. The van der Waals surface area contributed by atoms with Crippen LogP contribution in [-0.2, 0) is 9.84 Å². The van der Waals surface area contributed by atoms with Gasteiger partial charge in [0.2, 0.25) is 0 Å². The number of hydrogen-bond donors (Lipinski definition) is 1. The van der Waals surface area contributed by atoms with Crippen LogP contribution in [-0.4, -0.2) is 33.0 Å². The molecule has 0 rings (SSSR count). The second-order valence-electron chi connectivity index (χ2n) is 3.74. The van der Waals surface area contributed by atoms with Crippen LogP contribution >= 0.6 is 0 Å². The molecule has 80 valence electrons. The molecule has 0 bridgehead atoms. The average Bonchev–Trinajstić information content (AvgIpc) is 1.99. The molecule has 0 aromatic carbocycles. The third kappa shape index (κ3) is 7.02. The van der Waals surface area contributed by atoms with Gasteiger partial charge in [-0.15, -0.1) is 0 Å². The molecule has 1 N–H and O–H groups in total. The van der Waals surface area contributed by atoms with E-state index >= 15 is 0 Å². The van der Waals surface area contributed by atoms with Crippen LogP contribution in [0, 0.1) is 5.92 Å². The van der Waals surface area contributed by atoms with E-state index in [9.17, 15) is 8.42 Å². The van der Waals surface area contributed by atoms with Crippen LogP contribution in [0.4, 0.5) is 0 Å². The highest BCUT2D eigenvalue weighted by Gasteiger charge is 2.13. The zero-order valence-corrected chi connectivity index (χ0v) is 9.82. The van der Waals surface area contributed by atoms with E-state index < -0.39 is 9.84 Å². The first-order valence-corrected chi connectivity index (χ1v) is 6.84. The average molecular weight is 207 g/mol. The first-order chi connectivity index (χ1) is 5.87. The zero-order valence-electron chi connectivity index (χ0n) is 9.00. The lowest BCUT2D eigenvalue weighted by atomic mass is 10.0. The number of rotatable bonds is 6. The monoisotopic (exact) mass is 207 g/mol. The maximum Gasteiger partial charge on any atom is 0.147 e. The van der Waals surface area contributed by atoms with E-state index in [1.807, 2.05) is 0 Å². The molecule has 2 atom stereocenters. The molecular weight excluding hydrogens is 186 g/mol. The molecule has 0 aliphatic carbocycles. The quantitative estimate of drug-likeness (QED) is 0.708. The fraction of sp³-hybridized carbons (Fsp3) is 1.00. The van der Waals surface area contributed by atoms with Gasteiger partial charge in [0.25, 0.3) is 0 Å². The molecule has 0 amide bonds. The Morgan fingerprint density at radius 1 is 1.31 bits per heavy atom. The van der Waals surface area contributed by atoms with Crippen molar-refractivity contribution in [2.75, 3.05) is 18.6 Å². The Hall–Kier alpha value is -0.0900. The standard InChI is InChI=1S/C9H21NO2S/c1-5-10-9(3)8(2)6-7-13(4,11)12/h8-10H,5-7H2,1-4H3. The topological polar surface area (TPSA) is 46.2 Å². The van der Waals surface area contributed by atoms with Crippen molar-refractivity contribution >= 4 is 9.84 Å². The van der Waals surface area contributed by atoms with Gasteiger partial charge in [-0.25, -0.2) is 8.42 Å². The molecule has 0 saturated heterocycles. The largest absolute Gasteiger partial charge is 0.314 e. The third-order valence-electron chi connectivity index (χ3n) is 2.32. The highest BCUT2D eigenvalue weighted by Crippen LogP contribution is 2.08. The van der Waals surface area contributed by atoms with Crippen LogP contribution < -0.4 is 5.32 Å². The lowest BCUT2D eigenvalue weighted by molar-refractivity contribution is 0.398. The van der Waals surface area contributed by atoms with Crippen LogP contribution in [0.5, 0.6) is 0 Å². The molecule has 13 heavy (non-hydrogen) atoms. The second-order valence-corrected chi connectivity index (χ2v) is 6.00. The summed E-state index contributed by atoms with van der Waals surface area (Å²) in [5.41, 5.74) is 0. The van der Waals surface area contributed by atoms with Crippen molar-refractivity contribution in [2.24, 2.45) is 5.92 Å². The molecule has 0 radical (unpaired) electrons. The normalized spacial score (nSPS) is 16.9. The molecule has 3 nitrogen and oxygen atoms in total. The van der Waals surface area contributed by atoms with E-state index in [4.69, 9.17) is 0 Å². The van der Waals surface area contributed by atoms with Crippen molar-refractivity contribution in [3.8, 4) is 0 Å². The van der Waals surface area contributed by atoms with Gasteiger partial charge < -0.3 is 5.32 Å². The van der Waals surface area contributed by atoms with Crippen molar-refractivity contribution in [2.45, 2.75) is 33.2 Å². The van der Waals surface area contributed by atoms with Crippen molar-refractivity contribution in [1.82, 2.24) is 5.32 Å². The fourth-order valence-electron chi connectivity index (χ4n) is 1.17. The van der Waals surface area contributed by atoms with E-state index in [1.54, 1.807) is 0 Å². The van der Waals surface area contributed by atoms with Gasteiger partial charge in [0, 0.05) is 12.3 Å². The Kier molecular flexibility index (Phi) is 5.56. The Balaban J connectivity index is 3.80. The predicted molar refractivity (Wildman–Crippen MR) is 56.6 cm³/mol. The molecule has 0 heterocycles. The summed E-state index contributed by atoms with van der Waals surface area (Å²) in [6.07, 6.45) is 2.03. The summed E-state index contributed by atoms with van der Waals surface area (Å²) in [5, 5.41) is 3.29. The summed E-state index contributed by atoms with van der Waals surface area (Å²) in [5.74, 6) is 0.707. The van der Waals surface area contributed by atoms with E-state index in [0.717, 1.165) is 13.0 Å². The molecule has 0 aromatic rings. The molecule has 0 aromatic heterocycles. The minimum absolute atomic E-state index is 0.296. The predicted octanol–water partition coefficient (Wildman–Crippen LogP) is 1.06. The van der Waals surface area contributed by atoms with Crippen molar-refractivity contribution in [1.29, 1.82) is 0 Å². The van der Waals surface area contributed by atoms with Gasteiger partial charge in [-0.2, -0.15) is 0 Å². The third-order valence-corrected chi connectivity index (χ3v) is 3.30. The Morgan fingerprint density at radius 2 is 1.85 bits per heavy atom. The Bertz CT molecular complexity index is 224. The summed E-state index contributed by atoms with van der Waals surface area (Å²) in [6.45, 7) is 7.17. The van der Waals surface area contributed by atoms with Crippen LogP contribution in [0.2, 0.25) is 0 Å². The first kappa shape index (κ1) is 12.9. The van der Waals surface area contributed by atoms with E-state index in [1.165, 1.54) is 6.26 Å². The summed E-state index contributed by atoms with van der Waals surface area (Å²) >= 11 is 0. The number of sulfone groups is 1. The number of hydrogen-bond acceptors (Lipinski definition) is 3. The maximum atomic E-state index is 10.9. The van der Waals surface area contributed by atoms with E-state index in [-0.39, 0.29) is 0 Å². The van der Waals surface area contributed by atoms with Crippen molar-refractivity contribution in [3.05, 3.63) is 0 Å². The van der Waals surface area contributed by atoms with Crippen molar-refractivity contribution < 1.29 is 8.42 Å². The van der Waals surface area contributed by atoms with Crippen LogP contribution in [0.15, 0.2) is 0 Å². The summed E-state index contributed by atoms with van der Waals surface area (Å²) in [6, 6.07) is 0.395. The SMILES string of the molecule is CCNC(C)C(C)CCS(C)(=O)=O. The van der Waals surface area contributed by atoms with Gasteiger partial charge in [-0.1, -0.05) is 13.8 Å². The Morgan fingerprint density at radius 3 is 2.23 bits per heavy atom. The second kappa shape index (κ2) is 5.60. The first-order valence-electron chi connectivity index (χ1n) is 4.78. The van der Waals surface area contributed by atoms with Gasteiger partial charge in [-0.3, -0.25) is 0 Å². The minimum Gasteiger partial charge on any atom is -0.314 e. The zero-order chi connectivity index (χ0) is 10.5. The van der Waals surface area contributed by atoms with Crippen LogP contribution in [0.1, 0.15) is 27.2 Å². The maximum absolute atomic E-state index is 10.9. The van der Waals surface area contributed by atoms with E-state index in [2.05, 4.69) is 26.1 Å². The number of nitrogens with one attached hydrogen (secondary N) is 1. The summed E-state index contributed by atoms with van der Waals surface area (Å²) < 4.78 is 21.8. The molecule has 0 aliphatic heterocycles. The summed E-state index contributed by atoms with van der Waals surface area (Å²) in [4.78, 5) is 0. The highest BCUT2D eigenvalue weighted by atomic mass is 32.2. The van der Waals surface area contributed by atoms with Crippen LogP contribution in [0.3, 0.4) is 0 Å². The smallest absolute Gasteiger partial charge is 0.147 e. The molecular formula is C9H21NO2S.